The van der Waals surface area contributed by atoms with E-state index in [1.807, 2.05) is 19.1 Å². The molecule has 1 aromatic heterocycles. The van der Waals surface area contributed by atoms with Crippen LogP contribution in [-0.4, -0.2) is 19.2 Å². The zero-order chi connectivity index (χ0) is 15.2. The zero-order valence-corrected chi connectivity index (χ0v) is 12.2. The number of benzene rings is 1. The summed E-state index contributed by atoms with van der Waals surface area (Å²) in [7, 11) is 0. The van der Waals surface area contributed by atoms with E-state index in [2.05, 4.69) is 0 Å². The number of carbonyl (C=O) groups is 1. The molecule has 0 N–H and O–H groups in total. The lowest BCUT2D eigenvalue weighted by molar-refractivity contribution is -0.143. The highest BCUT2D eigenvalue weighted by Crippen LogP contribution is 2.22. The summed E-state index contributed by atoms with van der Waals surface area (Å²) in [6, 6.07) is 6.82. The van der Waals surface area contributed by atoms with Crippen molar-refractivity contribution in [1.82, 2.24) is 0 Å². The Balaban J connectivity index is 1.97. The second-order valence-electron chi connectivity index (χ2n) is 4.66. The highest BCUT2D eigenvalue weighted by molar-refractivity contribution is 5.81. The van der Waals surface area contributed by atoms with Gasteiger partial charge in [-0.1, -0.05) is 0 Å². The van der Waals surface area contributed by atoms with Crippen LogP contribution in [0.1, 0.15) is 25.3 Å². The summed E-state index contributed by atoms with van der Waals surface area (Å²) >= 11 is 0. The van der Waals surface area contributed by atoms with Crippen LogP contribution in [0, 0.1) is 6.92 Å². The Hall–Kier alpha value is -2.30. The second-order valence-corrected chi connectivity index (χ2v) is 4.66. The molecule has 21 heavy (non-hydrogen) atoms. The van der Waals surface area contributed by atoms with Gasteiger partial charge in [0.25, 0.3) is 0 Å². The molecule has 0 aliphatic rings. The molecule has 0 amide bonds. The Morgan fingerprint density at radius 3 is 2.86 bits per heavy atom. The van der Waals surface area contributed by atoms with Crippen LogP contribution in [0.15, 0.2) is 33.5 Å². The Labute approximate surface area is 122 Å². The van der Waals surface area contributed by atoms with E-state index in [1.54, 1.807) is 13.0 Å². The number of hydrogen-bond donors (Lipinski definition) is 0. The Bertz CT molecular complexity index is 687. The van der Waals surface area contributed by atoms with Crippen LogP contribution in [0.3, 0.4) is 0 Å². The molecule has 0 bridgehead atoms. The number of fused-ring (bicyclic) bond motifs is 1. The van der Waals surface area contributed by atoms with Gasteiger partial charge in [-0.05, 0) is 38.0 Å². The molecule has 0 aliphatic carbocycles. The number of aryl methyl sites for hydroxylation is 1. The average molecular weight is 290 g/mol. The normalized spacial score (nSPS) is 10.6. The summed E-state index contributed by atoms with van der Waals surface area (Å²) in [5.74, 6) is 0.390. The van der Waals surface area contributed by atoms with E-state index < -0.39 is 0 Å². The minimum atomic E-state index is -0.375. The highest BCUT2D eigenvalue weighted by atomic mass is 16.5. The largest absolute Gasteiger partial charge is 0.493 e. The minimum absolute atomic E-state index is 0.221. The summed E-state index contributed by atoms with van der Waals surface area (Å²) in [5.41, 5.74) is 0.998. The van der Waals surface area contributed by atoms with Crippen molar-refractivity contribution in [3.8, 4) is 5.75 Å². The Morgan fingerprint density at radius 2 is 2.10 bits per heavy atom. The van der Waals surface area contributed by atoms with Gasteiger partial charge in [-0.15, -0.1) is 0 Å². The summed E-state index contributed by atoms with van der Waals surface area (Å²) in [5, 5.41) is 0.883. The Morgan fingerprint density at radius 1 is 1.29 bits per heavy atom. The third kappa shape index (κ3) is 4.08. The van der Waals surface area contributed by atoms with Crippen molar-refractivity contribution in [2.45, 2.75) is 26.7 Å². The molecule has 0 saturated carbocycles. The number of ether oxygens (including phenoxy) is 2. The third-order valence-electron chi connectivity index (χ3n) is 3.02. The first-order valence-corrected chi connectivity index (χ1v) is 6.93. The molecular formula is C16H18O5. The van der Waals surface area contributed by atoms with Crippen LogP contribution in [-0.2, 0) is 9.53 Å². The van der Waals surface area contributed by atoms with Gasteiger partial charge in [0, 0.05) is 23.9 Å². The van der Waals surface area contributed by atoms with E-state index in [9.17, 15) is 9.59 Å². The molecule has 0 fully saturated rings. The second kappa shape index (κ2) is 6.92. The SMILES string of the molecule is CCOC(=O)CCCOc1ccc2c(C)cc(=O)oc2c1. The smallest absolute Gasteiger partial charge is 0.336 e. The van der Waals surface area contributed by atoms with Gasteiger partial charge in [0.1, 0.15) is 11.3 Å². The maximum atomic E-state index is 11.4. The van der Waals surface area contributed by atoms with Crippen molar-refractivity contribution in [1.29, 1.82) is 0 Å². The standard InChI is InChI=1S/C16H18O5/c1-3-19-15(17)5-4-8-20-12-6-7-13-11(2)9-16(18)21-14(13)10-12/h6-7,9-10H,3-5,8H2,1-2H3. The third-order valence-corrected chi connectivity index (χ3v) is 3.02. The summed E-state index contributed by atoms with van der Waals surface area (Å²) < 4.78 is 15.5. The zero-order valence-electron chi connectivity index (χ0n) is 12.2. The number of hydrogen-bond acceptors (Lipinski definition) is 5. The van der Waals surface area contributed by atoms with Crippen LogP contribution in [0.25, 0.3) is 11.0 Å². The van der Waals surface area contributed by atoms with Gasteiger partial charge in [0.05, 0.1) is 13.2 Å². The van der Waals surface area contributed by atoms with Crippen molar-refractivity contribution in [2.24, 2.45) is 0 Å². The predicted molar refractivity (Wildman–Crippen MR) is 78.6 cm³/mol. The molecule has 0 atom stereocenters. The van der Waals surface area contributed by atoms with E-state index >= 15 is 0 Å². The van der Waals surface area contributed by atoms with Crippen LogP contribution >= 0.6 is 0 Å². The maximum absolute atomic E-state index is 11.4. The van der Waals surface area contributed by atoms with E-state index in [4.69, 9.17) is 13.9 Å². The van der Waals surface area contributed by atoms with Gasteiger partial charge in [-0.3, -0.25) is 4.79 Å². The Kier molecular flexibility index (Phi) is 4.98. The first kappa shape index (κ1) is 15.1. The van der Waals surface area contributed by atoms with Crippen molar-refractivity contribution < 1.29 is 18.7 Å². The van der Waals surface area contributed by atoms with Gasteiger partial charge in [0.2, 0.25) is 0 Å². The lowest BCUT2D eigenvalue weighted by atomic mass is 10.1. The van der Waals surface area contributed by atoms with Crippen LogP contribution in [0.2, 0.25) is 0 Å². The maximum Gasteiger partial charge on any atom is 0.336 e. The van der Waals surface area contributed by atoms with Crippen LogP contribution < -0.4 is 10.4 Å². The van der Waals surface area contributed by atoms with Gasteiger partial charge in [-0.25, -0.2) is 4.79 Å². The van der Waals surface area contributed by atoms with E-state index in [0.29, 0.717) is 37.4 Å². The van der Waals surface area contributed by atoms with Gasteiger partial charge in [-0.2, -0.15) is 0 Å². The number of rotatable bonds is 6. The fourth-order valence-electron chi connectivity index (χ4n) is 2.03. The molecule has 5 nitrogen and oxygen atoms in total. The molecule has 2 rings (SSSR count). The molecule has 112 valence electrons. The quantitative estimate of drug-likeness (QED) is 0.465. The van der Waals surface area contributed by atoms with E-state index in [0.717, 1.165) is 10.9 Å². The molecule has 0 aliphatic heterocycles. The minimum Gasteiger partial charge on any atom is -0.493 e. The lowest BCUT2D eigenvalue weighted by Gasteiger charge is -2.07. The van der Waals surface area contributed by atoms with E-state index in [-0.39, 0.29) is 11.6 Å². The van der Waals surface area contributed by atoms with Crippen molar-refractivity contribution in [3.05, 3.63) is 40.2 Å². The van der Waals surface area contributed by atoms with Crippen LogP contribution in [0.5, 0.6) is 5.75 Å². The van der Waals surface area contributed by atoms with Gasteiger partial charge in [0.15, 0.2) is 0 Å². The summed E-state index contributed by atoms with van der Waals surface area (Å²) in [6.45, 7) is 4.43. The summed E-state index contributed by atoms with van der Waals surface area (Å²) in [4.78, 5) is 22.5. The first-order chi connectivity index (χ1) is 10.1. The molecule has 2 aromatic rings. The van der Waals surface area contributed by atoms with Crippen molar-refractivity contribution in [2.75, 3.05) is 13.2 Å². The molecule has 5 heteroatoms. The fourth-order valence-corrected chi connectivity index (χ4v) is 2.03. The van der Waals surface area contributed by atoms with E-state index in [1.165, 1.54) is 6.07 Å². The molecule has 0 radical (unpaired) electrons. The topological polar surface area (TPSA) is 65.7 Å². The molecule has 0 spiro atoms. The predicted octanol–water partition coefficient (Wildman–Crippen LogP) is 2.82. The van der Waals surface area contributed by atoms with Crippen molar-refractivity contribution in [3.63, 3.8) is 0 Å². The van der Waals surface area contributed by atoms with Crippen molar-refractivity contribution >= 4 is 16.9 Å². The first-order valence-electron chi connectivity index (χ1n) is 6.93. The van der Waals surface area contributed by atoms with Crippen LogP contribution in [0.4, 0.5) is 0 Å². The van der Waals surface area contributed by atoms with Gasteiger partial charge < -0.3 is 13.9 Å². The van der Waals surface area contributed by atoms with Gasteiger partial charge >= 0.3 is 11.6 Å². The number of carbonyl (C=O) groups excluding carboxylic acids is 1. The molecule has 0 saturated heterocycles. The molecule has 1 heterocycles. The highest BCUT2D eigenvalue weighted by Gasteiger charge is 2.05. The monoisotopic (exact) mass is 290 g/mol. The lowest BCUT2D eigenvalue weighted by Crippen LogP contribution is -2.06. The average Bonchev–Trinajstić information content (AvgIpc) is 2.43. The summed E-state index contributed by atoms with van der Waals surface area (Å²) in [6.07, 6.45) is 0.907. The molecule has 0 unspecified atom stereocenters. The molecule has 1 aromatic carbocycles. The molecular weight excluding hydrogens is 272 g/mol. The fraction of sp³-hybridized carbons (Fsp3) is 0.375. The number of esters is 1.